The molecular formula is C11H20N2S. The van der Waals surface area contributed by atoms with Gasteiger partial charge in [0.15, 0.2) is 5.17 Å². The van der Waals surface area contributed by atoms with Gasteiger partial charge >= 0.3 is 0 Å². The van der Waals surface area contributed by atoms with Gasteiger partial charge in [0.25, 0.3) is 0 Å². The fourth-order valence-electron chi connectivity index (χ4n) is 1.84. The molecule has 0 spiro atoms. The fourth-order valence-corrected chi connectivity index (χ4v) is 2.85. The SMILES string of the molecule is CCC1CCSC(=NCC2CC2C)N1. The smallest absolute Gasteiger partial charge is 0.156 e. The number of aliphatic imine (C=N–C) groups is 1. The number of nitrogens with one attached hydrogen (secondary N) is 1. The van der Waals surface area contributed by atoms with Crippen molar-refractivity contribution in [3.05, 3.63) is 0 Å². The third-order valence-electron chi connectivity index (χ3n) is 3.27. The minimum Gasteiger partial charge on any atom is -0.362 e. The highest BCUT2D eigenvalue weighted by Crippen LogP contribution is 2.37. The maximum atomic E-state index is 4.66. The molecule has 1 saturated carbocycles. The summed E-state index contributed by atoms with van der Waals surface area (Å²) in [4.78, 5) is 4.66. The molecule has 1 aliphatic carbocycles. The maximum absolute atomic E-state index is 4.66. The first kappa shape index (κ1) is 10.3. The molecule has 2 aliphatic rings. The molecule has 1 N–H and O–H groups in total. The van der Waals surface area contributed by atoms with Crippen molar-refractivity contribution in [3.8, 4) is 0 Å². The fraction of sp³-hybridized carbons (Fsp3) is 0.909. The second-order valence-corrected chi connectivity index (χ2v) is 5.59. The van der Waals surface area contributed by atoms with E-state index in [9.17, 15) is 0 Å². The molecule has 0 aromatic heterocycles. The highest BCUT2D eigenvalue weighted by molar-refractivity contribution is 8.13. The molecule has 0 amide bonds. The van der Waals surface area contributed by atoms with Crippen molar-refractivity contribution in [2.75, 3.05) is 12.3 Å². The van der Waals surface area contributed by atoms with Crippen molar-refractivity contribution in [1.29, 1.82) is 0 Å². The van der Waals surface area contributed by atoms with Gasteiger partial charge in [-0.25, -0.2) is 0 Å². The highest BCUT2D eigenvalue weighted by Gasteiger charge is 2.32. The first-order valence-corrected chi connectivity index (χ1v) is 6.72. The number of hydrogen-bond acceptors (Lipinski definition) is 2. The highest BCUT2D eigenvalue weighted by atomic mass is 32.2. The second kappa shape index (κ2) is 4.56. The van der Waals surface area contributed by atoms with Crippen LogP contribution in [0.5, 0.6) is 0 Å². The Bertz CT molecular complexity index is 227. The first-order chi connectivity index (χ1) is 6.79. The van der Waals surface area contributed by atoms with Gasteiger partial charge in [-0.15, -0.1) is 0 Å². The van der Waals surface area contributed by atoms with Crippen LogP contribution in [0.3, 0.4) is 0 Å². The average molecular weight is 212 g/mol. The molecule has 1 saturated heterocycles. The van der Waals surface area contributed by atoms with Crippen molar-refractivity contribution in [2.45, 2.75) is 39.2 Å². The van der Waals surface area contributed by atoms with E-state index in [1.807, 2.05) is 11.8 Å². The largest absolute Gasteiger partial charge is 0.362 e. The Morgan fingerprint density at radius 3 is 3.00 bits per heavy atom. The molecule has 0 aromatic rings. The zero-order valence-electron chi connectivity index (χ0n) is 9.12. The molecule has 2 rings (SSSR count). The molecule has 2 nitrogen and oxygen atoms in total. The van der Waals surface area contributed by atoms with Crippen LogP contribution in [-0.4, -0.2) is 23.5 Å². The van der Waals surface area contributed by atoms with E-state index in [0.29, 0.717) is 6.04 Å². The van der Waals surface area contributed by atoms with Crippen LogP contribution in [0, 0.1) is 11.8 Å². The number of nitrogens with zero attached hydrogens (tertiary/aromatic N) is 1. The van der Waals surface area contributed by atoms with Gasteiger partial charge in [-0.1, -0.05) is 25.6 Å². The molecule has 0 bridgehead atoms. The van der Waals surface area contributed by atoms with Crippen molar-refractivity contribution < 1.29 is 0 Å². The Labute approximate surface area is 90.9 Å². The Morgan fingerprint density at radius 1 is 1.57 bits per heavy atom. The van der Waals surface area contributed by atoms with E-state index in [1.54, 1.807) is 0 Å². The quantitative estimate of drug-likeness (QED) is 0.777. The van der Waals surface area contributed by atoms with Crippen LogP contribution < -0.4 is 5.32 Å². The molecule has 1 aliphatic heterocycles. The molecule has 1 heterocycles. The summed E-state index contributed by atoms with van der Waals surface area (Å²) >= 11 is 1.89. The van der Waals surface area contributed by atoms with E-state index in [-0.39, 0.29) is 0 Å². The van der Waals surface area contributed by atoms with Crippen LogP contribution in [0.15, 0.2) is 4.99 Å². The van der Waals surface area contributed by atoms with Crippen molar-refractivity contribution >= 4 is 16.9 Å². The van der Waals surface area contributed by atoms with Crippen LogP contribution in [-0.2, 0) is 0 Å². The van der Waals surface area contributed by atoms with Gasteiger partial charge < -0.3 is 5.32 Å². The van der Waals surface area contributed by atoms with E-state index in [2.05, 4.69) is 24.2 Å². The molecule has 2 fully saturated rings. The second-order valence-electron chi connectivity index (χ2n) is 4.51. The standard InChI is InChI=1S/C11H20N2S/c1-3-10-4-5-14-11(13-10)12-7-9-6-8(9)2/h8-10H,3-7H2,1-2H3,(H,12,13). The predicted molar refractivity (Wildman–Crippen MR) is 63.9 cm³/mol. The predicted octanol–water partition coefficient (Wildman–Crippen LogP) is 2.50. The van der Waals surface area contributed by atoms with Gasteiger partial charge in [0.1, 0.15) is 0 Å². The summed E-state index contributed by atoms with van der Waals surface area (Å²) in [6.07, 6.45) is 3.90. The summed E-state index contributed by atoms with van der Waals surface area (Å²) in [6.45, 7) is 5.61. The topological polar surface area (TPSA) is 24.4 Å². The van der Waals surface area contributed by atoms with Crippen LogP contribution >= 0.6 is 11.8 Å². The molecule has 14 heavy (non-hydrogen) atoms. The van der Waals surface area contributed by atoms with Crippen LogP contribution in [0.25, 0.3) is 0 Å². The molecule has 3 heteroatoms. The summed E-state index contributed by atoms with van der Waals surface area (Å²) in [5.41, 5.74) is 0. The Hall–Kier alpha value is -0.180. The number of hydrogen-bond donors (Lipinski definition) is 1. The van der Waals surface area contributed by atoms with E-state index in [4.69, 9.17) is 0 Å². The summed E-state index contributed by atoms with van der Waals surface area (Å²) in [5, 5.41) is 4.71. The molecule has 3 unspecified atom stereocenters. The lowest BCUT2D eigenvalue weighted by atomic mass is 10.2. The summed E-state index contributed by atoms with van der Waals surface area (Å²) in [6, 6.07) is 0.673. The summed E-state index contributed by atoms with van der Waals surface area (Å²) in [5.74, 6) is 3.05. The van der Waals surface area contributed by atoms with Crippen molar-refractivity contribution in [2.24, 2.45) is 16.8 Å². The van der Waals surface area contributed by atoms with E-state index in [0.717, 1.165) is 18.4 Å². The van der Waals surface area contributed by atoms with E-state index >= 15 is 0 Å². The van der Waals surface area contributed by atoms with E-state index < -0.39 is 0 Å². The van der Waals surface area contributed by atoms with Gasteiger partial charge in [0.05, 0.1) is 0 Å². The lowest BCUT2D eigenvalue weighted by Gasteiger charge is -2.24. The zero-order chi connectivity index (χ0) is 9.97. The van der Waals surface area contributed by atoms with Gasteiger partial charge in [0, 0.05) is 18.3 Å². The minimum atomic E-state index is 0.673. The Kier molecular flexibility index (Phi) is 3.37. The summed E-state index contributed by atoms with van der Waals surface area (Å²) in [7, 11) is 0. The first-order valence-electron chi connectivity index (χ1n) is 5.73. The van der Waals surface area contributed by atoms with Gasteiger partial charge in [0.2, 0.25) is 0 Å². The van der Waals surface area contributed by atoms with Crippen molar-refractivity contribution in [1.82, 2.24) is 5.32 Å². The van der Waals surface area contributed by atoms with Crippen LogP contribution in [0.4, 0.5) is 0 Å². The van der Waals surface area contributed by atoms with Crippen molar-refractivity contribution in [3.63, 3.8) is 0 Å². The monoisotopic (exact) mass is 212 g/mol. The van der Waals surface area contributed by atoms with Gasteiger partial charge in [-0.2, -0.15) is 0 Å². The van der Waals surface area contributed by atoms with Crippen LogP contribution in [0.2, 0.25) is 0 Å². The molecule has 0 aromatic carbocycles. The third-order valence-corrected chi connectivity index (χ3v) is 4.23. The maximum Gasteiger partial charge on any atom is 0.156 e. The number of thioether (sulfide) groups is 1. The average Bonchev–Trinajstić information content (AvgIpc) is 2.92. The van der Waals surface area contributed by atoms with Gasteiger partial charge in [-0.3, -0.25) is 4.99 Å². The van der Waals surface area contributed by atoms with E-state index in [1.165, 1.54) is 30.2 Å². The minimum absolute atomic E-state index is 0.673. The number of rotatable bonds is 3. The normalized spacial score (nSPS) is 39.6. The third kappa shape index (κ3) is 2.66. The molecule has 80 valence electrons. The molecule has 0 radical (unpaired) electrons. The Morgan fingerprint density at radius 2 is 2.36 bits per heavy atom. The Balaban J connectivity index is 1.78. The summed E-state index contributed by atoms with van der Waals surface area (Å²) < 4.78 is 0. The zero-order valence-corrected chi connectivity index (χ0v) is 9.94. The van der Waals surface area contributed by atoms with Crippen LogP contribution in [0.1, 0.15) is 33.1 Å². The molecular weight excluding hydrogens is 192 g/mol. The lowest BCUT2D eigenvalue weighted by molar-refractivity contribution is 0.570. The number of amidine groups is 1. The van der Waals surface area contributed by atoms with Gasteiger partial charge in [-0.05, 0) is 31.1 Å². The lowest BCUT2D eigenvalue weighted by Crippen LogP contribution is -2.37. The molecule has 3 atom stereocenters.